The van der Waals surface area contributed by atoms with Gasteiger partial charge < -0.3 is 20.6 Å². The van der Waals surface area contributed by atoms with Crippen LogP contribution in [0.4, 0.5) is 4.79 Å². The summed E-state index contributed by atoms with van der Waals surface area (Å²) < 4.78 is 0. The van der Waals surface area contributed by atoms with Crippen LogP contribution in [0.3, 0.4) is 0 Å². The molecule has 25 heavy (non-hydrogen) atoms. The van der Waals surface area contributed by atoms with Crippen molar-refractivity contribution in [3.05, 3.63) is 35.4 Å². The summed E-state index contributed by atoms with van der Waals surface area (Å²) in [7, 11) is 0. The van der Waals surface area contributed by atoms with E-state index in [-0.39, 0.29) is 23.5 Å². The molecule has 0 spiro atoms. The van der Waals surface area contributed by atoms with Gasteiger partial charge in [0.2, 0.25) is 5.91 Å². The Balaban J connectivity index is 1.82. The molecular weight excluding hydrogens is 322 g/mol. The lowest BCUT2D eigenvalue weighted by Crippen LogP contribution is -2.51. The van der Waals surface area contributed by atoms with Crippen LogP contribution in [0.2, 0.25) is 0 Å². The normalized spacial score (nSPS) is 16.8. The molecule has 7 heteroatoms. The van der Waals surface area contributed by atoms with Gasteiger partial charge in [-0.1, -0.05) is 12.1 Å². The minimum atomic E-state index is -0.958. The van der Waals surface area contributed by atoms with Gasteiger partial charge in [-0.2, -0.15) is 0 Å². The summed E-state index contributed by atoms with van der Waals surface area (Å²) in [6, 6.07) is 6.00. The Morgan fingerprint density at radius 3 is 2.52 bits per heavy atom. The molecule has 0 unspecified atom stereocenters. The van der Waals surface area contributed by atoms with E-state index in [1.165, 1.54) is 0 Å². The maximum absolute atomic E-state index is 12.4. The van der Waals surface area contributed by atoms with E-state index in [4.69, 9.17) is 5.11 Å². The number of aromatic carboxylic acids is 1. The Bertz CT molecular complexity index is 628. The molecule has 1 heterocycles. The quantitative estimate of drug-likeness (QED) is 0.728. The lowest BCUT2D eigenvalue weighted by atomic mass is 10.1. The third-order valence-corrected chi connectivity index (χ3v) is 4.14. The number of nitrogens with zero attached hydrogens (tertiary/aromatic N) is 1. The summed E-state index contributed by atoms with van der Waals surface area (Å²) in [5, 5.41) is 14.6. The van der Waals surface area contributed by atoms with Crippen molar-refractivity contribution in [2.24, 2.45) is 0 Å². The molecule has 7 nitrogen and oxygen atoms in total. The molecule has 1 aliphatic heterocycles. The number of hydrogen-bond donors (Lipinski definition) is 3. The number of rotatable bonds is 6. The topological polar surface area (TPSA) is 98.7 Å². The summed E-state index contributed by atoms with van der Waals surface area (Å²) in [6.45, 7) is 4.81. The summed E-state index contributed by atoms with van der Waals surface area (Å²) in [4.78, 5) is 36.9. The van der Waals surface area contributed by atoms with Crippen LogP contribution in [0.5, 0.6) is 0 Å². The first-order valence-electron chi connectivity index (χ1n) is 8.55. The molecule has 2 rings (SSSR count). The van der Waals surface area contributed by atoms with E-state index in [1.807, 2.05) is 13.8 Å². The van der Waals surface area contributed by atoms with Crippen molar-refractivity contribution in [2.75, 3.05) is 13.1 Å². The Morgan fingerprint density at radius 1 is 1.24 bits per heavy atom. The predicted molar refractivity (Wildman–Crippen MR) is 93.5 cm³/mol. The van der Waals surface area contributed by atoms with Crippen molar-refractivity contribution in [3.63, 3.8) is 0 Å². The van der Waals surface area contributed by atoms with E-state index in [1.54, 1.807) is 29.2 Å². The number of amides is 3. The maximum atomic E-state index is 12.4. The van der Waals surface area contributed by atoms with Gasteiger partial charge in [-0.3, -0.25) is 4.79 Å². The highest BCUT2D eigenvalue weighted by molar-refractivity contribution is 5.88. The van der Waals surface area contributed by atoms with Gasteiger partial charge >= 0.3 is 12.0 Å². The summed E-state index contributed by atoms with van der Waals surface area (Å²) in [5.74, 6) is -1.10. The van der Waals surface area contributed by atoms with Crippen LogP contribution in [0, 0.1) is 0 Å². The average Bonchev–Trinajstić information content (AvgIpc) is 3.04. The maximum Gasteiger partial charge on any atom is 0.335 e. The number of carbonyl (C=O) groups excluding carboxylic acids is 2. The minimum Gasteiger partial charge on any atom is -0.478 e. The molecule has 1 atom stereocenters. The second kappa shape index (κ2) is 8.50. The van der Waals surface area contributed by atoms with Gasteiger partial charge in [-0.15, -0.1) is 0 Å². The molecule has 0 bridgehead atoms. The lowest BCUT2D eigenvalue weighted by molar-refractivity contribution is -0.124. The molecule has 0 aromatic heterocycles. The zero-order chi connectivity index (χ0) is 18.4. The van der Waals surface area contributed by atoms with Crippen molar-refractivity contribution in [1.82, 2.24) is 15.5 Å². The SMILES string of the molecule is CC(C)NC(=O)N1CCC[C@H]1C(=O)NCCc1ccc(C(=O)O)cc1. The fourth-order valence-corrected chi connectivity index (χ4v) is 2.87. The van der Waals surface area contributed by atoms with Crippen LogP contribution in [0.15, 0.2) is 24.3 Å². The molecule has 3 amide bonds. The van der Waals surface area contributed by atoms with Gasteiger partial charge in [-0.05, 0) is 50.8 Å². The van der Waals surface area contributed by atoms with Crippen LogP contribution in [0.25, 0.3) is 0 Å². The van der Waals surface area contributed by atoms with Gasteiger partial charge in [0.25, 0.3) is 0 Å². The predicted octanol–water partition coefficient (Wildman–Crippen LogP) is 1.63. The lowest BCUT2D eigenvalue weighted by Gasteiger charge is -2.25. The molecular formula is C18H25N3O4. The highest BCUT2D eigenvalue weighted by Gasteiger charge is 2.33. The minimum absolute atomic E-state index is 0.0329. The third kappa shape index (κ3) is 5.20. The largest absolute Gasteiger partial charge is 0.478 e. The van der Waals surface area contributed by atoms with E-state index in [2.05, 4.69) is 10.6 Å². The van der Waals surface area contributed by atoms with Crippen molar-refractivity contribution < 1.29 is 19.5 Å². The average molecular weight is 347 g/mol. The standard InChI is InChI=1S/C18H25N3O4/c1-12(2)20-18(25)21-11-3-4-15(21)16(22)19-10-9-13-5-7-14(8-6-13)17(23)24/h5-8,12,15H,3-4,9-11H2,1-2H3,(H,19,22)(H,20,25)(H,23,24)/t15-/m0/s1. The van der Waals surface area contributed by atoms with E-state index in [9.17, 15) is 14.4 Å². The number of carbonyl (C=O) groups is 3. The van der Waals surface area contributed by atoms with Crippen LogP contribution in [-0.2, 0) is 11.2 Å². The molecule has 1 fully saturated rings. The van der Waals surface area contributed by atoms with Gasteiger partial charge in [0.15, 0.2) is 0 Å². The first-order chi connectivity index (χ1) is 11.9. The van der Waals surface area contributed by atoms with Gasteiger partial charge in [0.05, 0.1) is 5.56 Å². The molecule has 0 aliphatic carbocycles. The Kier molecular flexibility index (Phi) is 6.38. The molecule has 3 N–H and O–H groups in total. The fraction of sp³-hybridized carbons (Fsp3) is 0.500. The Morgan fingerprint density at radius 2 is 1.92 bits per heavy atom. The summed E-state index contributed by atoms with van der Waals surface area (Å²) in [5.41, 5.74) is 1.19. The van der Waals surface area contributed by atoms with Gasteiger partial charge in [-0.25, -0.2) is 9.59 Å². The van der Waals surface area contributed by atoms with E-state index in [0.717, 1.165) is 12.0 Å². The molecule has 1 saturated heterocycles. The zero-order valence-corrected chi connectivity index (χ0v) is 14.6. The Labute approximate surface area is 147 Å². The van der Waals surface area contributed by atoms with E-state index >= 15 is 0 Å². The van der Waals surface area contributed by atoms with Crippen LogP contribution in [-0.4, -0.2) is 53.1 Å². The molecule has 1 aromatic rings. The van der Waals surface area contributed by atoms with E-state index < -0.39 is 12.0 Å². The van der Waals surface area contributed by atoms with Crippen LogP contribution >= 0.6 is 0 Å². The number of hydrogen-bond acceptors (Lipinski definition) is 3. The highest BCUT2D eigenvalue weighted by atomic mass is 16.4. The Hall–Kier alpha value is -2.57. The fourth-order valence-electron chi connectivity index (χ4n) is 2.87. The first-order valence-corrected chi connectivity index (χ1v) is 8.55. The molecule has 1 aromatic carbocycles. The number of carboxylic acid groups (broad SMARTS) is 1. The molecule has 0 saturated carbocycles. The number of likely N-dealkylation sites (tertiary alicyclic amines) is 1. The molecule has 136 valence electrons. The summed E-state index contributed by atoms with van der Waals surface area (Å²) >= 11 is 0. The smallest absolute Gasteiger partial charge is 0.335 e. The second-order valence-corrected chi connectivity index (χ2v) is 6.50. The first kappa shape index (κ1) is 18.8. The van der Waals surface area contributed by atoms with Crippen LogP contribution < -0.4 is 10.6 Å². The third-order valence-electron chi connectivity index (χ3n) is 4.14. The van der Waals surface area contributed by atoms with Crippen molar-refractivity contribution in [2.45, 2.75) is 45.2 Å². The number of urea groups is 1. The van der Waals surface area contributed by atoms with E-state index in [0.29, 0.717) is 25.9 Å². The van der Waals surface area contributed by atoms with Crippen molar-refractivity contribution in [1.29, 1.82) is 0 Å². The zero-order valence-electron chi connectivity index (χ0n) is 14.6. The molecule has 1 aliphatic rings. The second-order valence-electron chi connectivity index (χ2n) is 6.50. The monoisotopic (exact) mass is 347 g/mol. The number of carboxylic acids is 1. The van der Waals surface area contributed by atoms with Crippen molar-refractivity contribution in [3.8, 4) is 0 Å². The van der Waals surface area contributed by atoms with Gasteiger partial charge in [0.1, 0.15) is 6.04 Å². The van der Waals surface area contributed by atoms with Crippen LogP contribution in [0.1, 0.15) is 42.6 Å². The number of nitrogens with one attached hydrogen (secondary N) is 2. The van der Waals surface area contributed by atoms with Gasteiger partial charge in [0, 0.05) is 19.1 Å². The highest BCUT2D eigenvalue weighted by Crippen LogP contribution is 2.17. The van der Waals surface area contributed by atoms with Crippen molar-refractivity contribution >= 4 is 17.9 Å². The number of benzene rings is 1. The summed E-state index contributed by atoms with van der Waals surface area (Å²) in [6.07, 6.45) is 2.10. The molecule has 0 radical (unpaired) electrons.